The fourth-order valence-corrected chi connectivity index (χ4v) is 2.71. The molecule has 3 nitrogen and oxygen atoms in total. The van der Waals surface area contributed by atoms with E-state index in [4.69, 9.17) is 9.47 Å². The average molecular weight is 340 g/mol. The van der Waals surface area contributed by atoms with E-state index in [9.17, 15) is 4.79 Å². The lowest BCUT2D eigenvalue weighted by Gasteiger charge is -2.08. The van der Waals surface area contributed by atoms with E-state index in [2.05, 4.69) is 6.92 Å². The summed E-state index contributed by atoms with van der Waals surface area (Å²) in [4.78, 5) is 12.5. The van der Waals surface area contributed by atoms with Crippen LogP contribution in [0.25, 0.3) is 0 Å². The molecule has 0 unspecified atom stereocenters. The van der Waals surface area contributed by atoms with Gasteiger partial charge in [0.05, 0.1) is 13.7 Å². The summed E-state index contributed by atoms with van der Waals surface area (Å²) in [6.07, 6.45) is 7.49. The Bertz CT molecular complexity index is 647. The van der Waals surface area contributed by atoms with Crippen LogP contribution in [-0.4, -0.2) is 19.5 Å². The summed E-state index contributed by atoms with van der Waals surface area (Å²) in [6, 6.07) is 14.6. The Morgan fingerprint density at radius 3 is 2.28 bits per heavy atom. The van der Waals surface area contributed by atoms with E-state index in [1.54, 1.807) is 19.2 Å². The van der Waals surface area contributed by atoms with Gasteiger partial charge in [-0.3, -0.25) is 4.79 Å². The Labute approximate surface area is 151 Å². The van der Waals surface area contributed by atoms with E-state index in [0.29, 0.717) is 16.9 Å². The van der Waals surface area contributed by atoms with Crippen molar-refractivity contribution < 1.29 is 14.3 Å². The number of methoxy groups -OCH3 is 1. The minimum Gasteiger partial charge on any atom is -0.497 e. The number of benzene rings is 2. The number of rotatable bonds is 11. The van der Waals surface area contributed by atoms with Gasteiger partial charge in [-0.1, -0.05) is 51.2 Å². The topological polar surface area (TPSA) is 35.5 Å². The summed E-state index contributed by atoms with van der Waals surface area (Å²) in [6.45, 7) is 2.96. The zero-order chi connectivity index (χ0) is 17.9. The number of carbonyl (C=O) groups excluding carboxylic acids is 1. The normalized spacial score (nSPS) is 10.5. The van der Waals surface area contributed by atoms with E-state index in [-0.39, 0.29) is 5.78 Å². The van der Waals surface area contributed by atoms with Gasteiger partial charge in [0.15, 0.2) is 5.78 Å². The molecular weight excluding hydrogens is 312 g/mol. The van der Waals surface area contributed by atoms with Crippen molar-refractivity contribution in [2.24, 2.45) is 0 Å². The first-order valence-corrected chi connectivity index (χ1v) is 9.16. The molecule has 0 amide bonds. The lowest BCUT2D eigenvalue weighted by atomic mass is 10.0. The van der Waals surface area contributed by atoms with Crippen molar-refractivity contribution in [2.45, 2.75) is 45.4 Å². The molecule has 0 heterocycles. The van der Waals surface area contributed by atoms with Crippen molar-refractivity contribution in [3.63, 3.8) is 0 Å². The summed E-state index contributed by atoms with van der Waals surface area (Å²) < 4.78 is 10.9. The van der Waals surface area contributed by atoms with Crippen molar-refractivity contribution in [2.75, 3.05) is 13.7 Å². The van der Waals surface area contributed by atoms with Gasteiger partial charge < -0.3 is 9.47 Å². The lowest BCUT2D eigenvalue weighted by Crippen LogP contribution is -2.02. The summed E-state index contributed by atoms with van der Waals surface area (Å²) >= 11 is 0. The van der Waals surface area contributed by atoms with Crippen LogP contribution in [0.1, 0.15) is 61.4 Å². The highest BCUT2D eigenvalue weighted by Crippen LogP contribution is 2.19. The smallest absolute Gasteiger partial charge is 0.193 e. The number of hydrogen-bond acceptors (Lipinski definition) is 3. The molecule has 0 aliphatic heterocycles. The van der Waals surface area contributed by atoms with Crippen LogP contribution in [0.15, 0.2) is 48.5 Å². The number of unbranched alkanes of at least 4 members (excludes halogenated alkanes) is 5. The fraction of sp³-hybridized carbons (Fsp3) is 0.409. The monoisotopic (exact) mass is 340 g/mol. The molecule has 0 bridgehead atoms. The second kappa shape index (κ2) is 10.5. The quantitative estimate of drug-likeness (QED) is 0.391. The molecule has 0 spiro atoms. The Hall–Kier alpha value is -2.29. The van der Waals surface area contributed by atoms with Crippen LogP contribution in [0.2, 0.25) is 0 Å². The third-order valence-corrected chi connectivity index (χ3v) is 4.22. The van der Waals surface area contributed by atoms with E-state index in [1.807, 2.05) is 36.4 Å². The van der Waals surface area contributed by atoms with Crippen LogP contribution in [0.4, 0.5) is 0 Å². The molecule has 0 saturated carbocycles. The Balaban J connectivity index is 1.81. The van der Waals surface area contributed by atoms with Crippen LogP contribution < -0.4 is 9.47 Å². The van der Waals surface area contributed by atoms with Crippen LogP contribution in [0, 0.1) is 0 Å². The predicted octanol–water partition coefficient (Wildman–Crippen LogP) is 5.67. The van der Waals surface area contributed by atoms with Gasteiger partial charge in [-0.2, -0.15) is 0 Å². The van der Waals surface area contributed by atoms with Crippen LogP contribution in [0.3, 0.4) is 0 Å². The average Bonchev–Trinajstić information content (AvgIpc) is 2.67. The van der Waals surface area contributed by atoms with Gasteiger partial charge in [-0.25, -0.2) is 0 Å². The maximum Gasteiger partial charge on any atom is 0.193 e. The van der Waals surface area contributed by atoms with Crippen molar-refractivity contribution in [1.29, 1.82) is 0 Å². The number of ketones is 1. The zero-order valence-corrected chi connectivity index (χ0v) is 15.3. The van der Waals surface area contributed by atoms with E-state index in [1.165, 1.54) is 32.1 Å². The zero-order valence-electron chi connectivity index (χ0n) is 15.3. The third-order valence-electron chi connectivity index (χ3n) is 4.22. The van der Waals surface area contributed by atoms with Crippen LogP contribution in [0.5, 0.6) is 11.5 Å². The maximum absolute atomic E-state index is 12.5. The Morgan fingerprint density at radius 1 is 0.840 bits per heavy atom. The standard InChI is InChI=1S/C22H28O3/c1-3-4-5-6-7-8-16-25-20-14-12-18(13-15-20)22(23)19-10-9-11-21(17-19)24-2/h9-15,17H,3-8,16H2,1-2H3. The molecule has 0 aliphatic rings. The molecule has 2 aromatic carbocycles. The predicted molar refractivity (Wildman–Crippen MR) is 102 cm³/mol. The largest absolute Gasteiger partial charge is 0.497 e. The maximum atomic E-state index is 12.5. The molecule has 0 aromatic heterocycles. The first-order chi connectivity index (χ1) is 12.2. The second-order valence-corrected chi connectivity index (χ2v) is 6.20. The molecular formula is C22H28O3. The minimum absolute atomic E-state index is 0.0126. The third kappa shape index (κ3) is 6.26. The summed E-state index contributed by atoms with van der Waals surface area (Å²) in [5, 5.41) is 0. The molecule has 134 valence electrons. The molecule has 2 aromatic rings. The molecule has 2 rings (SSSR count). The number of carbonyl (C=O) groups is 1. The van der Waals surface area contributed by atoms with E-state index < -0.39 is 0 Å². The van der Waals surface area contributed by atoms with Gasteiger partial charge in [-0.15, -0.1) is 0 Å². The molecule has 25 heavy (non-hydrogen) atoms. The highest BCUT2D eigenvalue weighted by molar-refractivity contribution is 6.09. The molecule has 0 fully saturated rings. The van der Waals surface area contributed by atoms with Gasteiger partial charge in [0, 0.05) is 11.1 Å². The molecule has 0 radical (unpaired) electrons. The first kappa shape index (κ1) is 19.0. The number of ether oxygens (including phenoxy) is 2. The lowest BCUT2D eigenvalue weighted by molar-refractivity contribution is 0.103. The van der Waals surface area contributed by atoms with Gasteiger partial charge in [0.25, 0.3) is 0 Å². The molecule has 0 atom stereocenters. The molecule has 3 heteroatoms. The van der Waals surface area contributed by atoms with Gasteiger partial charge in [0.1, 0.15) is 11.5 Å². The molecule has 0 saturated heterocycles. The van der Waals surface area contributed by atoms with E-state index >= 15 is 0 Å². The number of hydrogen-bond donors (Lipinski definition) is 0. The van der Waals surface area contributed by atoms with Gasteiger partial charge in [-0.05, 0) is 42.8 Å². The minimum atomic E-state index is -0.0126. The van der Waals surface area contributed by atoms with Crippen LogP contribution >= 0.6 is 0 Å². The Kier molecular flexibility index (Phi) is 8.03. The van der Waals surface area contributed by atoms with Gasteiger partial charge >= 0.3 is 0 Å². The Morgan fingerprint density at radius 2 is 1.56 bits per heavy atom. The highest BCUT2D eigenvalue weighted by atomic mass is 16.5. The van der Waals surface area contributed by atoms with E-state index in [0.717, 1.165) is 18.8 Å². The fourth-order valence-electron chi connectivity index (χ4n) is 2.71. The summed E-state index contributed by atoms with van der Waals surface area (Å²) in [5.74, 6) is 1.49. The molecule has 0 aliphatic carbocycles. The van der Waals surface area contributed by atoms with Crippen molar-refractivity contribution >= 4 is 5.78 Å². The highest BCUT2D eigenvalue weighted by Gasteiger charge is 2.10. The van der Waals surface area contributed by atoms with Crippen molar-refractivity contribution in [1.82, 2.24) is 0 Å². The summed E-state index contributed by atoms with van der Waals surface area (Å²) in [5.41, 5.74) is 1.28. The summed E-state index contributed by atoms with van der Waals surface area (Å²) in [7, 11) is 1.60. The van der Waals surface area contributed by atoms with Crippen molar-refractivity contribution in [3.05, 3.63) is 59.7 Å². The van der Waals surface area contributed by atoms with Crippen molar-refractivity contribution in [3.8, 4) is 11.5 Å². The molecule has 0 N–H and O–H groups in total. The van der Waals surface area contributed by atoms with Crippen LogP contribution in [-0.2, 0) is 0 Å². The first-order valence-electron chi connectivity index (χ1n) is 9.16. The van der Waals surface area contributed by atoms with Gasteiger partial charge in [0.2, 0.25) is 0 Å². The SMILES string of the molecule is CCCCCCCCOc1ccc(C(=O)c2cccc(OC)c2)cc1. The second-order valence-electron chi connectivity index (χ2n) is 6.20.